The third-order valence-electron chi connectivity index (χ3n) is 4.55. The molecule has 0 radical (unpaired) electrons. The quantitative estimate of drug-likeness (QED) is 0.696. The Balaban J connectivity index is 2.05. The van der Waals surface area contributed by atoms with Crippen LogP contribution < -0.4 is 0 Å². The Hall–Kier alpha value is -0.590. The summed E-state index contributed by atoms with van der Waals surface area (Å²) in [4.78, 5) is 5.00. The van der Waals surface area contributed by atoms with Crippen LogP contribution in [0.5, 0.6) is 0 Å². The molecule has 0 N–H and O–H groups in total. The third-order valence-corrected chi connectivity index (χ3v) is 4.55. The molecule has 17 heavy (non-hydrogen) atoms. The van der Waals surface area contributed by atoms with Gasteiger partial charge in [-0.2, -0.15) is 5.26 Å². The molecule has 0 spiro atoms. The number of nitriles is 1. The molecule has 1 heterocycles. The van der Waals surface area contributed by atoms with Crippen LogP contribution in [0.25, 0.3) is 0 Å². The lowest BCUT2D eigenvalue weighted by atomic mass is 9.78. The van der Waals surface area contributed by atoms with E-state index in [0.717, 1.165) is 32.0 Å². The van der Waals surface area contributed by atoms with Crippen molar-refractivity contribution in [2.24, 2.45) is 11.8 Å². The summed E-state index contributed by atoms with van der Waals surface area (Å²) in [5.74, 6) is 1.05. The van der Waals surface area contributed by atoms with Gasteiger partial charge in [0.25, 0.3) is 0 Å². The van der Waals surface area contributed by atoms with Crippen LogP contribution in [0.1, 0.15) is 33.1 Å². The highest BCUT2D eigenvalue weighted by molar-refractivity contribution is 4.99. The van der Waals surface area contributed by atoms with Crippen LogP contribution in [-0.2, 0) is 0 Å². The van der Waals surface area contributed by atoms with E-state index >= 15 is 0 Å². The summed E-state index contributed by atoms with van der Waals surface area (Å²) in [7, 11) is 2.19. The lowest BCUT2D eigenvalue weighted by Gasteiger charge is -2.46. The van der Waals surface area contributed by atoms with E-state index in [0.29, 0.717) is 12.1 Å². The summed E-state index contributed by atoms with van der Waals surface area (Å²) in [6, 6.07) is 3.65. The summed E-state index contributed by atoms with van der Waals surface area (Å²) >= 11 is 0. The van der Waals surface area contributed by atoms with Gasteiger partial charge in [0.1, 0.15) is 0 Å². The predicted octanol–water partition coefficient (Wildman–Crippen LogP) is 1.95. The monoisotopic (exact) mass is 235 g/mol. The number of nitrogens with zero attached hydrogens (tertiary/aromatic N) is 3. The molecule has 0 bridgehead atoms. The van der Waals surface area contributed by atoms with E-state index in [1.54, 1.807) is 0 Å². The Morgan fingerprint density at radius 1 is 1.18 bits per heavy atom. The summed E-state index contributed by atoms with van der Waals surface area (Å²) in [5.41, 5.74) is 0. The van der Waals surface area contributed by atoms with Gasteiger partial charge in [0.15, 0.2) is 0 Å². The van der Waals surface area contributed by atoms with Crippen molar-refractivity contribution in [3.63, 3.8) is 0 Å². The van der Waals surface area contributed by atoms with E-state index in [-0.39, 0.29) is 5.92 Å². The van der Waals surface area contributed by atoms with Crippen LogP contribution >= 0.6 is 0 Å². The SMILES string of the molecule is CC1CCC(C#N)C(N2CCN(C)CC2C)C1. The maximum absolute atomic E-state index is 9.33. The molecule has 3 heteroatoms. The second-order valence-electron chi connectivity index (χ2n) is 6.07. The molecule has 0 amide bonds. The zero-order chi connectivity index (χ0) is 12.4. The molecular weight excluding hydrogens is 210 g/mol. The number of likely N-dealkylation sites (N-methyl/N-ethyl adjacent to an activating group) is 1. The third kappa shape index (κ3) is 2.81. The molecule has 4 unspecified atom stereocenters. The van der Waals surface area contributed by atoms with Crippen molar-refractivity contribution in [3.05, 3.63) is 0 Å². The first-order valence-electron chi connectivity index (χ1n) is 6.95. The smallest absolute Gasteiger partial charge is 0.0672 e. The van der Waals surface area contributed by atoms with Crippen molar-refractivity contribution in [2.75, 3.05) is 26.7 Å². The van der Waals surface area contributed by atoms with Crippen LogP contribution in [-0.4, -0.2) is 48.6 Å². The summed E-state index contributed by atoms with van der Waals surface area (Å²) < 4.78 is 0. The Morgan fingerprint density at radius 3 is 2.59 bits per heavy atom. The van der Waals surface area contributed by atoms with Gasteiger partial charge in [-0.1, -0.05) is 6.92 Å². The highest BCUT2D eigenvalue weighted by atomic mass is 15.3. The predicted molar refractivity (Wildman–Crippen MR) is 69.6 cm³/mol. The van der Waals surface area contributed by atoms with E-state index in [1.807, 2.05) is 0 Å². The molecule has 4 atom stereocenters. The fourth-order valence-electron chi connectivity index (χ4n) is 3.51. The van der Waals surface area contributed by atoms with Crippen molar-refractivity contribution >= 4 is 0 Å². The van der Waals surface area contributed by atoms with E-state index in [9.17, 15) is 5.26 Å². The molecule has 1 saturated heterocycles. The van der Waals surface area contributed by atoms with Crippen molar-refractivity contribution in [1.82, 2.24) is 9.80 Å². The van der Waals surface area contributed by atoms with Crippen LogP contribution in [0.2, 0.25) is 0 Å². The van der Waals surface area contributed by atoms with Gasteiger partial charge < -0.3 is 4.90 Å². The number of piperazine rings is 1. The molecule has 2 rings (SSSR count). The maximum atomic E-state index is 9.33. The number of hydrogen-bond acceptors (Lipinski definition) is 3. The minimum absolute atomic E-state index is 0.261. The molecule has 2 fully saturated rings. The van der Waals surface area contributed by atoms with Gasteiger partial charge >= 0.3 is 0 Å². The normalized spacial score (nSPS) is 41.1. The number of rotatable bonds is 1. The molecule has 3 nitrogen and oxygen atoms in total. The Labute approximate surface area is 105 Å². The minimum atomic E-state index is 0.261. The van der Waals surface area contributed by atoms with Crippen molar-refractivity contribution in [2.45, 2.75) is 45.2 Å². The average Bonchev–Trinajstić information content (AvgIpc) is 2.29. The molecule has 0 aromatic carbocycles. The first-order chi connectivity index (χ1) is 8.11. The standard InChI is InChI=1S/C14H25N3/c1-11-4-5-13(9-15)14(8-11)17-7-6-16(3)10-12(17)2/h11-14H,4-8,10H2,1-3H3. The fourth-order valence-corrected chi connectivity index (χ4v) is 3.51. The van der Waals surface area contributed by atoms with Gasteiger partial charge in [-0.25, -0.2) is 0 Å². The molecule has 96 valence electrons. The van der Waals surface area contributed by atoms with Crippen LogP contribution in [0, 0.1) is 23.2 Å². The average molecular weight is 235 g/mol. The lowest BCUT2D eigenvalue weighted by molar-refractivity contribution is 0.0214. The summed E-state index contributed by atoms with van der Waals surface area (Å²) in [5, 5.41) is 9.33. The molecule has 2 aliphatic rings. The van der Waals surface area contributed by atoms with E-state index in [2.05, 4.69) is 36.8 Å². The van der Waals surface area contributed by atoms with Gasteiger partial charge in [-0.05, 0) is 39.2 Å². The molecule has 1 saturated carbocycles. The second kappa shape index (κ2) is 5.37. The fraction of sp³-hybridized carbons (Fsp3) is 0.929. The summed E-state index contributed by atoms with van der Waals surface area (Å²) in [6.07, 6.45) is 3.55. The van der Waals surface area contributed by atoms with Crippen LogP contribution in [0.4, 0.5) is 0 Å². The lowest BCUT2D eigenvalue weighted by Crippen LogP contribution is -2.57. The zero-order valence-corrected chi connectivity index (χ0v) is 11.4. The summed E-state index contributed by atoms with van der Waals surface area (Å²) in [6.45, 7) is 8.06. The van der Waals surface area contributed by atoms with E-state index < -0.39 is 0 Å². The Kier molecular flexibility index (Phi) is 4.06. The van der Waals surface area contributed by atoms with Crippen molar-refractivity contribution in [3.8, 4) is 6.07 Å². The maximum Gasteiger partial charge on any atom is 0.0672 e. The van der Waals surface area contributed by atoms with E-state index in [1.165, 1.54) is 12.8 Å². The zero-order valence-electron chi connectivity index (χ0n) is 11.4. The molecule has 0 aromatic rings. The van der Waals surface area contributed by atoms with Gasteiger partial charge in [-0.15, -0.1) is 0 Å². The Bertz CT molecular complexity index is 296. The van der Waals surface area contributed by atoms with Crippen LogP contribution in [0.15, 0.2) is 0 Å². The molecule has 1 aliphatic carbocycles. The largest absolute Gasteiger partial charge is 0.304 e. The Morgan fingerprint density at radius 2 is 1.94 bits per heavy atom. The first kappa shape index (κ1) is 12.9. The van der Waals surface area contributed by atoms with Gasteiger partial charge in [0.05, 0.1) is 12.0 Å². The van der Waals surface area contributed by atoms with Gasteiger partial charge in [0.2, 0.25) is 0 Å². The molecule has 1 aliphatic heterocycles. The topological polar surface area (TPSA) is 30.3 Å². The first-order valence-corrected chi connectivity index (χ1v) is 6.95. The number of hydrogen-bond donors (Lipinski definition) is 0. The van der Waals surface area contributed by atoms with Crippen molar-refractivity contribution < 1.29 is 0 Å². The minimum Gasteiger partial charge on any atom is -0.304 e. The van der Waals surface area contributed by atoms with E-state index in [4.69, 9.17) is 0 Å². The van der Waals surface area contributed by atoms with Gasteiger partial charge in [-0.3, -0.25) is 4.90 Å². The molecule has 0 aromatic heterocycles. The second-order valence-corrected chi connectivity index (χ2v) is 6.07. The highest BCUT2D eigenvalue weighted by Gasteiger charge is 2.36. The highest BCUT2D eigenvalue weighted by Crippen LogP contribution is 2.33. The molecular formula is C14H25N3. The van der Waals surface area contributed by atoms with Gasteiger partial charge in [0, 0.05) is 31.7 Å². The van der Waals surface area contributed by atoms with Crippen molar-refractivity contribution in [1.29, 1.82) is 5.26 Å². The van der Waals surface area contributed by atoms with Crippen LogP contribution in [0.3, 0.4) is 0 Å².